The van der Waals surface area contributed by atoms with Crippen molar-refractivity contribution in [3.63, 3.8) is 0 Å². The highest BCUT2D eigenvalue weighted by molar-refractivity contribution is 5.74. The zero-order chi connectivity index (χ0) is 32.0. The fourth-order valence-electron chi connectivity index (χ4n) is 6.64. The lowest BCUT2D eigenvalue weighted by Crippen LogP contribution is -2.37. The van der Waals surface area contributed by atoms with Crippen LogP contribution in [0.1, 0.15) is 134 Å². The Hall–Kier alpha value is -1.63. The van der Waals surface area contributed by atoms with E-state index in [0.717, 1.165) is 59.5 Å². The highest BCUT2D eigenvalue weighted by Crippen LogP contribution is 2.45. The molecule has 3 atom stereocenters. The molecule has 1 aromatic carbocycles. The third-order valence-electron chi connectivity index (χ3n) is 9.74. The fraction of sp³-hybridized carbons (Fsp3) is 0.811. The number of rotatable bonds is 21. The van der Waals surface area contributed by atoms with Gasteiger partial charge in [0.2, 0.25) is 0 Å². The predicted molar refractivity (Wildman–Crippen MR) is 178 cm³/mol. The summed E-state index contributed by atoms with van der Waals surface area (Å²) in [5, 5.41) is 18.4. The summed E-state index contributed by atoms with van der Waals surface area (Å²) in [6.45, 7) is 19.6. The molecule has 0 saturated carbocycles. The number of hydrogen-bond acceptors (Lipinski definition) is 6. The second-order valence-corrected chi connectivity index (χ2v) is 14.3. The van der Waals surface area contributed by atoms with Crippen molar-refractivity contribution in [2.75, 3.05) is 32.8 Å². The third kappa shape index (κ3) is 12.7. The van der Waals surface area contributed by atoms with Crippen molar-refractivity contribution in [2.24, 2.45) is 17.8 Å². The first-order chi connectivity index (χ1) is 20.4. The Kier molecular flexibility index (Phi) is 16.6. The first-order valence-electron chi connectivity index (χ1n) is 17.4. The topological polar surface area (TPSA) is 79.2 Å². The summed E-state index contributed by atoms with van der Waals surface area (Å²) in [4.78, 5) is 14.7. The first kappa shape index (κ1) is 37.6. The van der Waals surface area contributed by atoms with E-state index in [4.69, 9.17) is 9.47 Å². The lowest BCUT2D eigenvalue weighted by atomic mass is 9.83. The number of benzene rings is 1. The number of hydrogen-bond donors (Lipinski definition) is 2. The lowest BCUT2D eigenvalue weighted by molar-refractivity contribution is -0.134. The molecule has 248 valence electrons. The van der Waals surface area contributed by atoms with Gasteiger partial charge in [-0.25, -0.2) is 0 Å². The van der Waals surface area contributed by atoms with Crippen molar-refractivity contribution in [1.82, 2.24) is 4.90 Å². The van der Waals surface area contributed by atoms with E-state index < -0.39 is 0 Å². The maximum atomic E-state index is 12.8. The van der Waals surface area contributed by atoms with E-state index in [1.54, 1.807) is 0 Å². The largest absolute Gasteiger partial charge is 0.487 e. The molecule has 2 rings (SSSR count). The van der Waals surface area contributed by atoms with Gasteiger partial charge in [-0.3, -0.25) is 9.69 Å². The van der Waals surface area contributed by atoms with Crippen molar-refractivity contribution in [3.8, 4) is 11.5 Å². The van der Waals surface area contributed by atoms with Gasteiger partial charge >= 0.3 is 5.97 Å². The van der Waals surface area contributed by atoms with Gasteiger partial charge in [-0.2, -0.15) is 0 Å². The van der Waals surface area contributed by atoms with E-state index in [1.807, 2.05) is 11.8 Å². The molecule has 6 heteroatoms. The van der Waals surface area contributed by atoms with E-state index in [1.165, 1.54) is 56.9 Å². The number of fused-ring (bicyclic) bond motifs is 1. The minimum atomic E-state index is -0.241. The van der Waals surface area contributed by atoms with E-state index in [-0.39, 0.29) is 24.8 Å². The minimum Gasteiger partial charge on any atom is -0.487 e. The quantitative estimate of drug-likeness (QED) is 0.109. The molecule has 6 nitrogen and oxygen atoms in total. The van der Waals surface area contributed by atoms with E-state index >= 15 is 0 Å². The van der Waals surface area contributed by atoms with Crippen LogP contribution < -0.4 is 9.47 Å². The molecular formula is C37H65NO5. The zero-order valence-corrected chi connectivity index (χ0v) is 29.0. The van der Waals surface area contributed by atoms with Gasteiger partial charge in [0.05, 0.1) is 13.2 Å². The normalized spacial score (nSPS) is 18.0. The fourth-order valence-corrected chi connectivity index (χ4v) is 6.64. The summed E-state index contributed by atoms with van der Waals surface area (Å²) in [7, 11) is 0. The molecule has 2 N–H and O–H groups in total. The summed E-state index contributed by atoms with van der Waals surface area (Å²) in [5.74, 6) is 3.87. The van der Waals surface area contributed by atoms with Crippen LogP contribution in [0.15, 0.2) is 0 Å². The van der Waals surface area contributed by atoms with Crippen molar-refractivity contribution in [3.05, 3.63) is 22.3 Å². The first-order valence-corrected chi connectivity index (χ1v) is 17.4. The maximum absolute atomic E-state index is 12.8. The average molecular weight is 604 g/mol. The van der Waals surface area contributed by atoms with Gasteiger partial charge in [0.15, 0.2) is 0 Å². The van der Waals surface area contributed by atoms with Crippen LogP contribution in [0.25, 0.3) is 0 Å². The van der Waals surface area contributed by atoms with Gasteiger partial charge < -0.3 is 19.7 Å². The van der Waals surface area contributed by atoms with Crippen LogP contribution in [0, 0.1) is 38.5 Å². The van der Waals surface area contributed by atoms with Crippen LogP contribution in [-0.4, -0.2) is 59.5 Å². The van der Waals surface area contributed by atoms with E-state index in [0.29, 0.717) is 38.2 Å². The second kappa shape index (κ2) is 19.0. The molecular weight excluding hydrogens is 538 g/mol. The molecule has 0 saturated heterocycles. The Labute approximate surface area is 263 Å². The smallest absolute Gasteiger partial charge is 0.311 e. The number of carbonyl (C=O) groups is 1. The average Bonchev–Trinajstić information content (AvgIpc) is 2.94. The van der Waals surface area contributed by atoms with Crippen molar-refractivity contribution < 1.29 is 24.5 Å². The molecule has 1 aromatic rings. The second-order valence-electron chi connectivity index (χ2n) is 14.3. The number of esters is 1. The van der Waals surface area contributed by atoms with Gasteiger partial charge in [0.1, 0.15) is 17.1 Å². The maximum Gasteiger partial charge on any atom is 0.311 e. The van der Waals surface area contributed by atoms with Crippen molar-refractivity contribution in [2.45, 2.75) is 144 Å². The molecule has 0 fully saturated rings. The number of carbonyl (C=O) groups excluding carboxylic acids is 1. The SMILES string of the molecule is Cc1c(C)c2c(c(C)c1OC(=O)CCCN(CCO)CCO)CC[C@@](C)(CCC[C@H](C)CCC[C@H](C)CCCC(C)C)O2. The van der Waals surface area contributed by atoms with E-state index in [9.17, 15) is 15.0 Å². The van der Waals surface area contributed by atoms with Gasteiger partial charge in [-0.05, 0) is 101 Å². The van der Waals surface area contributed by atoms with Crippen LogP contribution in [0.5, 0.6) is 11.5 Å². The molecule has 0 amide bonds. The number of aliphatic hydroxyl groups excluding tert-OH is 2. The Balaban J connectivity index is 1.86. The van der Waals surface area contributed by atoms with Gasteiger partial charge in [-0.15, -0.1) is 0 Å². The van der Waals surface area contributed by atoms with Crippen LogP contribution in [0.4, 0.5) is 0 Å². The Morgan fingerprint density at radius 2 is 1.42 bits per heavy atom. The Bertz CT molecular complexity index is 970. The monoisotopic (exact) mass is 603 g/mol. The zero-order valence-electron chi connectivity index (χ0n) is 29.0. The van der Waals surface area contributed by atoms with Crippen LogP contribution in [0.2, 0.25) is 0 Å². The molecule has 1 aliphatic heterocycles. The molecule has 1 aliphatic rings. The number of nitrogens with zero attached hydrogens (tertiary/aromatic N) is 1. The highest BCUT2D eigenvalue weighted by Gasteiger charge is 2.34. The lowest BCUT2D eigenvalue weighted by Gasteiger charge is -2.38. The molecule has 0 radical (unpaired) electrons. The number of ether oxygens (including phenoxy) is 2. The van der Waals surface area contributed by atoms with Crippen molar-refractivity contribution >= 4 is 5.97 Å². The van der Waals surface area contributed by atoms with E-state index in [2.05, 4.69) is 48.5 Å². The third-order valence-corrected chi connectivity index (χ3v) is 9.74. The summed E-state index contributed by atoms with van der Waals surface area (Å²) in [5.41, 5.74) is 4.08. The summed E-state index contributed by atoms with van der Waals surface area (Å²) in [6.07, 6.45) is 14.5. The molecule has 0 spiro atoms. The Morgan fingerprint density at radius 3 is 2.00 bits per heavy atom. The summed E-state index contributed by atoms with van der Waals surface area (Å²) < 4.78 is 12.7. The van der Waals surface area contributed by atoms with Gasteiger partial charge in [0.25, 0.3) is 0 Å². The highest BCUT2D eigenvalue weighted by atomic mass is 16.5. The van der Waals surface area contributed by atoms with Gasteiger partial charge in [0, 0.05) is 25.1 Å². The molecule has 43 heavy (non-hydrogen) atoms. The molecule has 0 aliphatic carbocycles. The standard InChI is InChI=1S/C37H65NO5/c1-27(2)13-9-14-28(3)15-10-16-29(4)17-11-20-37(8)21-19-33-32(7)35(30(5)31(6)36(33)43-37)42-34(41)18-12-22-38(23-25-39)24-26-40/h27-29,39-40H,9-26H2,1-8H3/t28-,29-,37-/m1/s1. The predicted octanol–water partition coefficient (Wildman–Crippen LogP) is 8.11. The molecule has 0 bridgehead atoms. The van der Waals surface area contributed by atoms with Gasteiger partial charge in [-0.1, -0.05) is 72.6 Å². The molecule has 0 aromatic heterocycles. The minimum absolute atomic E-state index is 0.0374. The van der Waals surface area contributed by atoms with Crippen LogP contribution in [-0.2, 0) is 11.2 Å². The molecule has 0 unspecified atom stereocenters. The van der Waals surface area contributed by atoms with Crippen molar-refractivity contribution in [1.29, 1.82) is 0 Å². The van der Waals surface area contributed by atoms with Crippen LogP contribution in [0.3, 0.4) is 0 Å². The number of aliphatic hydroxyl groups is 2. The summed E-state index contributed by atoms with van der Waals surface area (Å²) >= 11 is 0. The van der Waals surface area contributed by atoms with Crippen LogP contribution >= 0.6 is 0 Å². The summed E-state index contributed by atoms with van der Waals surface area (Å²) in [6, 6.07) is 0. The molecule has 1 heterocycles. The Morgan fingerprint density at radius 1 is 0.837 bits per heavy atom.